The molecule has 1 atom stereocenters. The average molecular weight is 465 g/mol. The fourth-order valence-electron chi connectivity index (χ4n) is 3.10. The number of carboxylic acids is 1. The van der Waals surface area contributed by atoms with Crippen LogP contribution in [0.1, 0.15) is 40.9 Å². The zero-order chi connectivity index (χ0) is 23.8. The predicted octanol–water partition coefficient (Wildman–Crippen LogP) is 5.30. The van der Waals surface area contributed by atoms with Gasteiger partial charge in [0.05, 0.1) is 0 Å². The number of benzene rings is 3. The molecular formula is C25H24N2O5S. The van der Waals surface area contributed by atoms with Gasteiger partial charge in [-0.25, -0.2) is 4.79 Å². The van der Waals surface area contributed by atoms with E-state index in [0.717, 1.165) is 16.9 Å². The van der Waals surface area contributed by atoms with Crippen molar-refractivity contribution in [2.24, 2.45) is 0 Å². The first-order chi connectivity index (χ1) is 15.9. The Morgan fingerprint density at radius 1 is 0.909 bits per heavy atom. The highest BCUT2D eigenvalue weighted by atomic mass is 32.2. The fraction of sp³-hybridized carbons (Fsp3) is 0.160. The molecule has 1 unspecified atom stereocenters. The van der Waals surface area contributed by atoms with Crippen LogP contribution in [-0.2, 0) is 9.59 Å². The number of nitrogens with one attached hydrogen (secondary N) is 2. The van der Waals surface area contributed by atoms with Crippen molar-refractivity contribution >= 4 is 40.9 Å². The Labute approximate surface area is 195 Å². The number of amides is 2. The number of carbonyl (C=O) groups is 3. The van der Waals surface area contributed by atoms with Crippen molar-refractivity contribution in [1.29, 1.82) is 0 Å². The lowest BCUT2D eigenvalue weighted by molar-refractivity contribution is -0.116. The van der Waals surface area contributed by atoms with Crippen LogP contribution >= 0.6 is 11.8 Å². The molecule has 0 aliphatic rings. The molecule has 0 heterocycles. The largest absolute Gasteiger partial charge is 0.507 e. The average Bonchev–Trinajstić information content (AvgIpc) is 2.80. The summed E-state index contributed by atoms with van der Waals surface area (Å²) >= 11 is 1.33. The van der Waals surface area contributed by atoms with Crippen LogP contribution in [0.3, 0.4) is 0 Å². The van der Waals surface area contributed by atoms with Crippen molar-refractivity contribution in [2.75, 3.05) is 10.6 Å². The molecule has 170 valence electrons. The third-order valence-electron chi connectivity index (χ3n) is 4.70. The molecule has 0 aromatic heterocycles. The molecule has 3 rings (SSSR count). The van der Waals surface area contributed by atoms with Gasteiger partial charge in [-0.3, -0.25) is 9.59 Å². The molecule has 0 spiro atoms. The number of hydrogen-bond acceptors (Lipinski definition) is 5. The molecule has 8 heteroatoms. The van der Waals surface area contributed by atoms with Crippen molar-refractivity contribution in [1.82, 2.24) is 0 Å². The summed E-state index contributed by atoms with van der Waals surface area (Å²) < 4.78 is 0. The first-order valence-corrected chi connectivity index (χ1v) is 11.2. The lowest BCUT2D eigenvalue weighted by Gasteiger charge is -2.18. The maximum Gasteiger partial charge on any atom is 0.339 e. The highest BCUT2D eigenvalue weighted by Crippen LogP contribution is 2.37. The number of rotatable bonds is 9. The maximum absolute atomic E-state index is 13.2. The van der Waals surface area contributed by atoms with Gasteiger partial charge in [0.1, 0.15) is 16.6 Å². The summed E-state index contributed by atoms with van der Waals surface area (Å²) in [5.41, 5.74) is 1.43. The Hall–Kier alpha value is -3.78. The molecule has 0 radical (unpaired) electrons. The summed E-state index contributed by atoms with van der Waals surface area (Å²) in [5.74, 6) is -2.05. The third-order valence-corrected chi connectivity index (χ3v) is 5.97. The van der Waals surface area contributed by atoms with Gasteiger partial charge in [0, 0.05) is 22.7 Å². The SMILES string of the molecule is CCCC(=O)Nc1ccc(SC(C(=O)Nc2ccc(O)c(C(=O)O)c2)c2ccccc2)cc1. The van der Waals surface area contributed by atoms with Crippen LogP contribution in [0.15, 0.2) is 77.7 Å². The quantitative estimate of drug-likeness (QED) is 0.252. The minimum atomic E-state index is -1.29. The van der Waals surface area contributed by atoms with Crippen LogP contribution in [-0.4, -0.2) is 28.0 Å². The number of aromatic hydroxyl groups is 1. The van der Waals surface area contributed by atoms with Gasteiger partial charge in [0.2, 0.25) is 11.8 Å². The number of hydrogen-bond donors (Lipinski definition) is 4. The highest BCUT2D eigenvalue weighted by Gasteiger charge is 2.23. The van der Waals surface area contributed by atoms with E-state index in [1.54, 1.807) is 12.1 Å². The van der Waals surface area contributed by atoms with Crippen LogP contribution in [0.2, 0.25) is 0 Å². The highest BCUT2D eigenvalue weighted by molar-refractivity contribution is 8.00. The second-order valence-corrected chi connectivity index (χ2v) is 8.44. The van der Waals surface area contributed by atoms with E-state index in [9.17, 15) is 24.6 Å². The number of aromatic carboxylic acids is 1. The first kappa shape index (κ1) is 23.9. The number of carbonyl (C=O) groups excluding carboxylic acids is 2. The molecular weight excluding hydrogens is 440 g/mol. The normalized spacial score (nSPS) is 11.4. The van der Waals surface area contributed by atoms with E-state index < -0.39 is 11.2 Å². The van der Waals surface area contributed by atoms with Gasteiger partial charge in [-0.15, -0.1) is 11.8 Å². The van der Waals surface area contributed by atoms with Crippen LogP contribution in [0, 0.1) is 0 Å². The molecule has 0 bridgehead atoms. The predicted molar refractivity (Wildman–Crippen MR) is 129 cm³/mol. The molecule has 7 nitrogen and oxygen atoms in total. The van der Waals surface area contributed by atoms with Crippen molar-refractivity contribution < 1.29 is 24.6 Å². The van der Waals surface area contributed by atoms with E-state index in [-0.39, 0.29) is 28.8 Å². The molecule has 3 aromatic carbocycles. The van der Waals surface area contributed by atoms with Gasteiger partial charge in [-0.2, -0.15) is 0 Å². The Morgan fingerprint density at radius 3 is 2.21 bits per heavy atom. The summed E-state index contributed by atoms with van der Waals surface area (Å²) in [6.45, 7) is 1.94. The molecule has 33 heavy (non-hydrogen) atoms. The lowest BCUT2D eigenvalue weighted by atomic mass is 10.1. The molecule has 0 saturated heterocycles. The van der Waals surface area contributed by atoms with E-state index in [1.807, 2.05) is 49.4 Å². The van der Waals surface area contributed by atoms with Gasteiger partial charge in [-0.1, -0.05) is 37.3 Å². The van der Waals surface area contributed by atoms with Crippen molar-refractivity contribution in [3.63, 3.8) is 0 Å². The van der Waals surface area contributed by atoms with Gasteiger partial charge >= 0.3 is 5.97 Å². The molecule has 4 N–H and O–H groups in total. The number of anilines is 2. The van der Waals surface area contributed by atoms with Gasteiger partial charge < -0.3 is 20.8 Å². The number of phenols is 1. The Morgan fingerprint density at radius 2 is 1.58 bits per heavy atom. The van der Waals surface area contributed by atoms with E-state index in [4.69, 9.17) is 0 Å². The van der Waals surface area contributed by atoms with E-state index >= 15 is 0 Å². The Balaban J connectivity index is 1.80. The Bertz CT molecular complexity index is 1130. The van der Waals surface area contributed by atoms with Gasteiger partial charge in [-0.05, 0) is 54.4 Å². The second kappa shape index (κ2) is 11.2. The monoisotopic (exact) mass is 464 g/mol. The summed E-state index contributed by atoms with van der Waals surface area (Å²) in [6, 6.07) is 20.4. The summed E-state index contributed by atoms with van der Waals surface area (Å²) in [7, 11) is 0. The second-order valence-electron chi connectivity index (χ2n) is 7.26. The standard InChI is InChI=1S/C25H24N2O5S/c1-2-6-22(29)26-17-9-12-19(13-10-17)33-23(16-7-4-3-5-8-16)24(30)27-18-11-14-21(28)20(15-18)25(31)32/h3-5,7-15,23,28H,2,6H2,1H3,(H,26,29)(H,27,30)(H,31,32). The molecule has 2 amide bonds. The summed E-state index contributed by atoms with van der Waals surface area (Å²) in [5, 5.41) is 23.9. The van der Waals surface area contributed by atoms with Crippen molar-refractivity contribution in [2.45, 2.75) is 29.9 Å². The lowest BCUT2D eigenvalue weighted by Crippen LogP contribution is -2.19. The van der Waals surface area contributed by atoms with Crippen LogP contribution in [0.25, 0.3) is 0 Å². The Kier molecular flexibility index (Phi) is 8.10. The van der Waals surface area contributed by atoms with Crippen LogP contribution in [0.4, 0.5) is 11.4 Å². The summed E-state index contributed by atoms with van der Waals surface area (Å²) in [6.07, 6.45) is 1.22. The van der Waals surface area contributed by atoms with Crippen molar-refractivity contribution in [3.8, 4) is 5.75 Å². The maximum atomic E-state index is 13.2. The molecule has 0 saturated carbocycles. The molecule has 0 fully saturated rings. The van der Waals surface area contributed by atoms with Gasteiger partial charge in [0.15, 0.2) is 0 Å². The first-order valence-electron chi connectivity index (χ1n) is 10.4. The number of thioether (sulfide) groups is 1. The summed E-state index contributed by atoms with van der Waals surface area (Å²) in [4.78, 5) is 37.1. The smallest absolute Gasteiger partial charge is 0.339 e. The van der Waals surface area contributed by atoms with E-state index in [1.165, 1.54) is 30.0 Å². The van der Waals surface area contributed by atoms with Gasteiger partial charge in [0.25, 0.3) is 0 Å². The van der Waals surface area contributed by atoms with E-state index in [2.05, 4.69) is 10.6 Å². The molecule has 0 aliphatic heterocycles. The fourth-order valence-corrected chi connectivity index (χ4v) is 4.12. The van der Waals surface area contributed by atoms with E-state index in [0.29, 0.717) is 12.1 Å². The molecule has 3 aromatic rings. The topological polar surface area (TPSA) is 116 Å². The zero-order valence-electron chi connectivity index (χ0n) is 17.9. The minimum Gasteiger partial charge on any atom is -0.507 e. The third kappa shape index (κ3) is 6.60. The molecule has 0 aliphatic carbocycles. The minimum absolute atomic E-state index is 0.0472. The zero-order valence-corrected chi connectivity index (χ0v) is 18.8. The van der Waals surface area contributed by atoms with Crippen LogP contribution < -0.4 is 10.6 Å². The van der Waals surface area contributed by atoms with Crippen LogP contribution in [0.5, 0.6) is 5.75 Å². The number of carboxylic acid groups (broad SMARTS) is 1. The van der Waals surface area contributed by atoms with Crippen molar-refractivity contribution in [3.05, 3.63) is 83.9 Å².